The minimum Gasteiger partial charge on any atom is -0.314 e. The van der Waals surface area contributed by atoms with E-state index in [2.05, 4.69) is 22.0 Å². The maximum absolute atomic E-state index is 3.76. The lowest BCUT2D eigenvalue weighted by Gasteiger charge is -2.39. The molecular weight excluding hydrogens is 246 g/mol. The number of piperidine rings is 1. The van der Waals surface area contributed by atoms with Crippen molar-refractivity contribution < 1.29 is 0 Å². The van der Waals surface area contributed by atoms with Gasteiger partial charge < -0.3 is 10.2 Å². The third kappa shape index (κ3) is 3.55. The predicted molar refractivity (Wildman–Crippen MR) is 85.1 cm³/mol. The van der Waals surface area contributed by atoms with E-state index in [4.69, 9.17) is 0 Å². The molecule has 3 fully saturated rings. The zero-order valence-corrected chi connectivity index (χ0v) is 13.3. The lowest BCUT2D eigenvalue weighted by Crippen LogP contribution is -2.49. The van der Waals surface area contributed by atoms with Crippen LogP contribution in [0, 0.1) is 0 Å². The first-order chi connectivity index (χ1) is 9.86. The Balaban J connectivity index is 1.40. The van der Waals surface area contributed by atoms with Gasteiger partial charge in [-0.2, -0.15) is 0 Å². The molecule has 2 unspecified atom stereocenters. The molecule has 1 N–H and O–H groups in total. The number of nitrogens with zero attached hydrogens (tertiary/aromatic N) is 2. The van der Waals surface area contributed by atoms with Crippen molar-refractivity contribution in [3.05, 3.63) is 0 Å². The minimum absolute atomic E-state index is 0.808. The van der Waals surface area contributed by atoms with Gasteiger partial charge in [0.25, 0.3) is 0 Å². The second-order valence-corrected chi connectivity index (χ2v) is 7.15. The Labute approximate surface area is 125 Å². The Morgan fingerprint density at radius 1 is 1.00 bits per heavy atom. The van der Waals surface area contributed by atoms with E-state index in [0.717, 1.165) is 18.1 Å². The van der Waals surface area contributed by atoms with E-state index >= 15 is 0 Å². The first-order valence-corrected chi connectivity index (χ1v) is 9.08. The van der Waals surface area contributed by atoms with E-state index in [1.165, 1.54) is 84.1 Å². The Hall–Kier alpha value is -0.120. The molecule has 3 aliphatic rings. The summed E-state index contributed by atoms with van der Waals surface area (Å²) in [6.07, 6.45) is 11.2. The molecule has 2 atom stereocenters. The predicted octanol–water partition coefficient (Wildman–Crippen LogP) is 2.47. The monoisotopic (exact) mass is 279 g/mol. The van der Waals surface area contributed by atoms with Crippen LogP contribution in [0.3, 0.4) is 0 Å². The van der Waals surface area contributed by atoms with Crippen molar-refractivity contribution in [1.82, 2.24) is 15.1 Å². The van der Waals surface area contributed by atoms with Crippen molar-refractivity contribution in [2.24, 2.45) is 0 Å². The molecule has 0 aliphatic carbocycles. The van der Waals surface area contributed by atoms with Gasteiger partial charge in [-0.3, -0.25) is 4.90 Å². The fourth-order valence-corrected chi connectivity index (χ4v) is 4.64. The van der Waals surface area contributed by atoms with E-state index in [1.54, 1.807) is 0 Å². The highest BCUT2D eigenvalue weighted by Gasteiger charge is 2.39. The van der Waals surface area contributed by atoms with Crippen molar-refractivity contribution in [2.45, 2.75) is 76.4 Å². The molecule has 0 saturated carbocycles. The molecule has 0 aromatic heterocycles. The molecular formula is C17H33N3. The average Bonchev–Trinajstić information content (AvgIpc) is 3.04. The average molecular weight is 279 g/mol. The highest BCUT2D eigenvalue weighted by molar-refractivity contribution is 4.97. The van der Waals surface area contributed by atoms with Crippen molar-refractivity contribution in [2.75, 3.05) is 32.7 Å². The molecule has 3 heterocycles. The summed E-state index contributed by atoms with van der Waals surface area (Å²) in [6, 6.07) is 2.59. The van der Waals surface area contributed by atoms with Gasteiger partial charge in [-0.05, 0) is 84.1 Å². The van der Waals surface area contributed by atoms with Crippen LogP contribution in [0.2, 0.25) is 0 Å². The summed E-state index contributed by atoms with van der Waals surface area (Å²) < 4.78 is 0. The number of fused-ring (bicyclic) bond motifs is 2. The van der Waals surface area contributed by atoms with E-state index in [1.807, 2.05) is 0 Å². The first kappa shape index (κ1) is 14.8. The summed E-state index contributed by atoms with van der Waals surface area (Å²) >= 11 is 0. The third-order valence-corrected chi connectivity index (χ3v) is 5.66. The zero-order valence-electron chi connectivity index (χ0n) is 13.3. The van der Waals surface area contributed by atoms with Gasteiger partial charge in [0.05, 0.1) is 0 Å². The summed E-state index contributed by atoms with van der Waals surface area (Å²) in [4.78, 5) is 5.53. The molecule has 0 radical (unpaired) electrons. The van der Waals surface area contributed by atoms with Crippen LogP contribution >= 0.6 is 0 Å². The molecule has 20 heavy (non-hydrogen) atoms. The van der Waals surface area contributed by atoms with Crippen LogP contribution in [-0.2, 0) is 0 Å². The Bertz CT molecular complexity index is 274. The number of nitrogens with one attached hydrogen (secondary N) is 1. The van der Waals surface area contributed by atoms with Crippen LogP contribution in [-0.4, -0.2) is 60.6 Å². The van der Waals surface area contributed by atoms with Gasteiger partial charge in [0.1, 0.15) is 0 Å². The normalized spacial score (nSPS) is 35.0. The fraction of sp³-hybridized carbons (Fsp3) is 1.00. The SMILES string of the molecule is CCCNC1CC2CCC(C1)N2CCCN1CCCC1. The zero-order chi connectivity index (χ0) is 13.8. The second-order valence-electron chi connectivity index (χ2n) is 7.15. The first-order valence-electron chi connectivity index (χ1n) is 9.08. The summed E-state index contributed by atoms with van der Waals surface area (Å²) in [6.45, 7) is 8.89. The molecule has 3 nitrogen and oxygen atoms in total. The van der Waals surface area contributed by atoms with E-state index < -0.39 is 0 Å². The fourth-order valence-electron chi connectivity index (χ4n) is 4.64. The number of hydrogen-bond acceptors (Lipinski definition) is 3. The smallest absolute Gasteiger partial charge is 0.0114 e. The Kier molecular flexibility index (Phi) is 5.36. The van der Waals surface area contributed by atoms with Crippen LogP contribution in [0.1, 0.15) is 58.3 Å². The number of hydrogen-bond donors (Lipinski definition) is 1. The molecule has 116 valence electrons. The Morgan fingerprint density at radius 2 is 1.70 bits per heavy atom. The molecule has 0 aromatic carbocycles. The third-order valence-electron chi connectivity index (χ3n) is 5.66. The quantitative estimate of drug-likeness (QED) is 0.772. The maximum Gasteiger partial charge on any atom is 0.0114 e. The van der Waals surface area contributed by atoms with Crippen LogP contribution < -0.4 is 5.32 Å². The van der Waals surface area contributed by atoms with Crippen LogP contribution in [0.4, 0.5) is 0 Å². The van der Waals surface area contributed by atoms with Gasteiger partial charge in [-0.1, -0.05) is 6.92 Å². The topological polar surface area (TPSA) is 18.5 Å². The highest BCUT2D eigenvalue weighted by Crippen LogP contribution is 2.35. The van der Waals surface area contributed by atoms with E-state index in [9.17, 15) is 0 Å². The van der Waals surface area contributed by atoms with Crippen LogP contribution in [0.15, 0.2) is 0 Å². The van der Waals surface area contributed by atoms with Gasteiger partial charge in [0.2, 0.25) is 0 Å². The molecule has 2 bridgehead atoms. The largest absolute Gasteiger partial charge is 0.314 e. The Morgan fingerprint density at radius 3 is 2.35 bits per heavy atom. The van der Waals surface area contributed by atoms with E-state index in [0.29, 0.717) is 0 Å². The van der Waals surface area contributed by atoms with Crippen LogP contribution in [0.5, 0.6) is 0 Å². The van der Waals surface area contributed by atoms with Crippen molar-refractivity contribution in [1.29, 1.82) is 0 Å². The van der Waals surface area contributed by atoms with Crippen molar-refractivity contribution in [3.63, 3.8) is 0 Å². The lowest BCUT2D eigenvalue weighted by molar-refractivity contribution is 0.111. The number of likely N-dealkylation sites (tertiary alicyclic amines) is 1. The summed E-state index contributed by atoms with van der Waals surface area (Å²) in [5.41, 5.74) is 0. The van der Waals surface area contributed by atoms with Gasteiger partial charge >= 0.3 is 0 Å². The van der Waals surface area contributed by atoms with Gasteiger partial charge in [0, 0.05) is 18.1 Å². The molecule has 3 aliphatic heterocycles. The second kappa shape index (κ2) is 7.24. The van der Waals surface area contributed by atoms with Crippen molar-refractivity contribution >= 4 is 0 Å². The molecule has 0 amide bonds. The standard InChI is InChI=1S/C17H33N3/c1-2-8-18-15-13-16-6-7-17(14-15)20(16)12-5-11-19-9-3-4-10-19/h15-18H,2-14H2,1H3. The minimum atomic E-state index is 0.808. The van der Waals surface area contributed by atoms with Crippen LogP contribution in [0.25, 0.3) is 0 Å². The number of rotatable bonds is 7. The van der Waals surface area contributed by atoms with Crippen molar-refractivity contribution in [3.8, 4) is 0 Å². The lowest BCUT2D eigenvalue weighted by atomic mass is 9.97. The molecule has 0 aromatic rings. The van der Waals surface area contributed by atoms with E-state index in [-0.39, 0.29) is 0 Å². The van der Waals surface area contributed by atoms with Gasteiger partial charge in [-0.15, -0.1) is 0 Å². The summed E-state index contributed by atoms with van der Waals surface area (Å²) in [5, 5.41) is 3.76. The molecule has 3 saturated heterocycles. The maximum atomic E-state index is 3.76. The molecule has 3 rings (SSSR count). The molecule has 0 spiro atoms. The van der Waals surface area contributed by atoms with Gasteiger partial charge in [-0.25, -0.2) is 0 Å². The van der Waals surface area contributed by atoms with Gasteiger partial charge in [0.15, 0.2) is 0 Å². The summed E-state index contributed by atoms with van der Waals surface area (Å²) in [5.74, 6) is 0. The summed E-state index contributed by atoms with van der Waals surface area (Å²) in [7, 11) is 0. The highest BCUT2D eigenvalue weighted by atomic mass is 15.2. The molecule has 3 heteroatoms.